The minimum atomic E-state index is -1.08. The van der Waals surface area contributed by atoms with Crippen LogP contribution in [0.4, 0.5) is 8.78 Å². The zero-order valence-corrected chi connectivity index (χ0v) is 13.0. The Morgan fingerprint density at radius 2 is 1.76 bits per heavy atom. The number of nitrogens with zero attached hydrogens (tertiary/aromatic N) is 3. The summed E-state index contributed by atoms with van der Waals surface area (Å²) in [6.07, 6.45) is 1.31. The first-order valence-electron chi connectivity index (χ1n) is 7.47. The minimum absolute atomic E-state index is 0.150. The molecule has 2 aliphatic rings. The molecule has 2 heterocycles. The predicted molar refractivity (Wildman–Crippen MR) is 88.2 cm³/mol. The molecule has 0 spiro atoms. The average molecular weight is 339 g/mol. The van der Waals surface area contributed by atoms with Gasteiger partial charge in [-0.3, -0.25) is 14.2 Å². The lowest BCUT2D eigenvalue weighted by atomic mass is 10.1. The van der Waals surface area contributed by atoms with E-state index >= 15 is 0 Å². The van der Waals surface area contributed by atoms with Gasteiger partial charge in [-0.1, -0.05) is 18.2 Å². The molecule has 0 unspecified atom stereocenters. The molecule has 0 atom stereocenters. The van der Waals surface area contributed by atoms with Crippen molar-refractivity contribution in [1.82, 2.24) is 14.3 Å². The van der Waals surface area contributed by atoms with Gasteiger partial charge in [-0.05, 0) is 18.2 Å². The van der Waals surface area contributed by atoms with Crippen LogP contribution in [0.3, 0.4) is 0 Å². The Kier molecular flexibility index (Phi) is 3.24. The summed E-state index contributed by atoms with van der Waals surface area (Å²) in [5, 5.41) is 4.47. The Hall–Kier alpha value is -3.35. The molecule has 0 saturated carbocycles. The van der Waals surface area contributed by atoms with E-state index in [9.17, 15) is 18.4 Å². The highest BCUT2D eigenvalue weighted by Gasteiger charge is 2.23. The van der Waals surface area contributed by atoms with E-state index in [2.05, 4.69) is 5.10 Å². The van der Waals surface area contributed by atoms with Gasteiger partial charge in [-0.15, -0.1) is 0 Å². The lowest BCUT2D eigenvalue weighted by Crippen LogP contribution is -2.16. The van der Waals surface area contributed by atoms with E-state index < -0.39 is 23.1 Å². The highest BCUT2D eigenvalue weighted by molar-refractivity contribution is 5.99. The van der Waals surface area contributed by atoms with Crippen molar-refractivity contribution >= 4 is 16.8 Å². The van der Waals surface area contributed by atoms with Crippen molar-refractivity contribution in [2.24, 2.45) is 0 Å². The number of hydrogen-bond donors (Lipinski definition) is 0. The van der Waals surface area contributed by atoms with Crippen molar-refractivity contribution < 1.29 is 13.6 Å². The number of carbonyl (C=O) groups excluding carboxylic acids is 1. The monoisotopic (exact) mass is 339 g/mol. The Morgan fingerprint density at radius 1 is 1.08 bits per heavy atom. The van der Waals surface area contributed by atoms with Crippen LogP contribution in [0.1, 0.15) is 11.7 Å². The quantitative estimate of drug-likeness (QED) is 0.535. The van der Waals surface area contributed by atoms with Crippen molar-refractivity contribution in [2.75, 3.05) is 0 Å². The van der Waals surface area contributed by atoms with Crippen LogP contribution >= 0.6 is 0 Å². The largest absolute Gasteiger partial charge is 0.286 e. The third-order valence-electron chi connectivity index (χ3n) is 4.03. The molecule has 5 nitrogen and oxygen atoms in total. The molecule has 4 rings (SSSR count). The topological polar surface area (TPSA) is 56.9 Å². The number of pyridine rings is 1. The molecule has 0 amide bonds. The zero-order valence-electron chi connectivity index (χ0n) is 13.0. The molecule has 0 aliphatic carbocycles. The Labute approximate surface area is 140 Å². The maximum Gasteiger partial charge on any atom is 0.282 e. The Morgan fingerprint density at radius 3 is 2.44 bits per heavy atom. The molecular formula is C18H11F2N3O2. The minimum Gasteiger partial charge on any atom is -0.286 e. The van der Waals surface area contributed by atoms with Gasteiger partial charge in [0.15, 0.2) is 11.6 Å². The number of rotatable bonds is 1. The van der Waals surface area contributed by atoms with Crippen LogP contribution in [0.25, 0.3) is 27.8 Å². The number of hydrogen-bond acceptors (Lipinski definition) is 3. The van der Waals surface area contributed by atoms with Crippen molar-refractivity contribution in [3.05, 3.63) is 70.6 Å². The van der Waals surface area contributed by atoms with Gasteiger partial charge in [-0.2, -0.15) is 9.78 Å². The molecule has 0 aromatic heterocycles. The van der Waals surface area contributed by atoms with E-state index in [4.69, 9.17) is 0 Å². The van der Waals surface area contributed by atoms with Crippen LogP contribution in [0, 0.1) is 11.6 Å². The SMILES string of the molecule is CC(=O)n1cc2c(=O)n(-c3ccccc3)nc-2c2cc(F)c(F)cc21. The van der Waals surface area contributed by atoms with E-state index in [-0.39, 0.29) is 22.2 Å². The molecule has 0 radical (unpaired) electrons. The molecule has 0 N–H and O–H groups in total. The van der Waals surface area contributed by atoms with Gasteiger partial charge < -0.3 is 0 Å². The molecule has 2 aliphatic heterocycles. The zero-order chi connectivity index (χ0) is 17.7. The van der Waals surface area contributed by atoms with Gasteiger partial charge in [0.05, 0.1) is 16.8 Å². The lowest BCUT2D eigenvalue weighted by molar-refractivity contribution is 0.0941. The summed E-state index contributed by atoms with van der Waals surface area (Å²) in [5.41, 5.74) is 0.603. The van der Waals surface area contributed by atoms with Crippen molar-refractivity contribution in [2.45, 2.75) is 6.92 Å². The van der Waals surface area contributed by atoms with E-state index in [0.29, 0.717) is 5.69 Å². The molecule has 0 bridgehead atoms. The maximum atomic E-state index is 13.8. The molecule has 124 valence electrons. The third-order valence-corrected chi connectivity index (χ3v) is 4.03. The fourth-order valence-corrected chi connectivity index (χ4v) is 2.86. The van der Waals surface area contributed by atoms with Gasteiger partial charge in [0, 0.05) is 24.6 Å². The van der Waals surface area contributed by atoms with Crippen LogP contribution in [0.5, 0.6) is 0 Å². The summed E-state index contributed by atoms with van der Waals surface area (Å²) in [6.45, 7) is 1.28. The first kappa shape index (κ1) is 15.2. The number of aromatic nitrogens is 3. The summed E-state index contributed by atoms with van der Waals surface area (Å²) in [6, 6.07) is 10.6. The number of para-hydroxylation sites is 1. The van der Waals surface area contributed by atoms with Crippen molar-refractivity contribution in [1.29, 1.82) is 0 Å². The summed E-state index contributed by atoms with van der Waals surface area (Å²) in [7, 11) is 0. The second kappa shape index (κ2) is 5.34. The molecule has 0 fully saturated rings. The van der Waals surface area contributed by atoms with Crippen LogP contribution in [0.15, 0.2) is 53.5 Å². The number of fused-ring (bicyclic) bond motifs is 3. The second-order valence-electron chi connectivity index (χ2n) is 5.62. The maximum absolute atomic E-state index is 13.8. The van der Waals surface area contributed by atoms with Gasteiger partial charge >= 0.3 is 0 Å². The van der Waals surface area contributed by atoms with Crippen LogP contribution in [-0.2, 0) is 0 Å². The number of halogens is 2. The van der Waals surface area contributed by atoms with Crippen molar-refractivity contribution in [3.63, 3.8) is 0 Å². The van der Waals surface area contributed by atoms with Gasteiger partial charge in [0.1, 0.15) is 5.69 Å². The predicted octanol–water partition coefficient (Wildman–Crippen LogP) is 3.23. The van der Waals surface area contributed by atoms with E-state index in [1.54, 1.807) is 30.3 Å². The van der Waals surface area contributed by atoms with E-state index in [0.717, 1.165) is 16.7 Å². The van der Waals surface area contributed by atoms with Crippen molar-refractivity contribution in [3.8, 4) is 16.9 Å². The second-order valence-corrected chi connectivity index (χ2v) is 5.62. The summed E-state index contributed by atoms with van der Waals surface area (Å²) in [5.74, 6) is -2.58. The standard InChI is InChI=1S/C18H11F2N3O2/c1-10(24)22-9-13-17(12-7-14(19)15(20)8-16(12)22)21-23(18(13)25)11-5-3-2-4-6-11/h2-9H,1H3. The number of benzene rings is 2. The lowest BCUT2D eigenvalue weighted by Gasteiger charge is -2.11. The average Bonchev–Trinajstić information content (AvgIpc) is 2.93. The third kappa shape index (κ3) is 2.24. The fraction of sp³-hybridized carbons (Fsp3) is 0.0556. The summed E-state index contributed by atoms with van der Waals surface area (Å²) >= 11 is 0. The van der Waals surface area contributed by atoms with E-state index in [1.807, 2.05) is 0 Å². The molecule has 2 aromatic carbocycles. The van der Waals surface area contributed by atoms with Crippen LogP contribution in [-0.4, -0.2) is 20.3 Å². The summed E-state index contributed by atoms with van der Waals surface area (Å²) < 4.78 is 29.7. The highest BCUT2D eigenvalue weighted by atomic mass is 19.2. The van der Waals surface area contributed by atoms with Crippen LogP contribution < -0.4 is 5.56 Å². The van der Waals surface area contributed by atoms with Crippen LogP contribution in [0.2, 0.25) is 0 Å². The summed E-state index contributed by atoms with van der Waals surface area (Å²) in [4.78, 5) is 24.6. The first-order chi connectivity index (χ1) is 12.0. The van der Waals surface area contributed by atoms with Gasteiger partial charge in [-0.25, -0.2) is 8.78 Å². The highest BCUT2D eigenvalue weighted by Crippen LogP contribution is 2.29. The Balaban J connectivity index is 2.17. The van der Waals surface area contributed by atoms with Gasteiger partial charge in [0.25, 0.3) is 5.56 Å². The first-order valence-corrected chi connectivity index (χ1v) is 7.47. The number of carbonyl (C=O) groups is 1. The fourth-order valence-electron chi connectivity index (χ4n) is 2.86. The molecule has 25 heavy (non-hydrogen) atoms. The molecule has 7 heteroatoms. The Bertz CT molecular complexity index is 1160. The molecule has 2 aromatic rings. The van der Waals surface area contributed by atoms with E-state index in [1.165, 1.54) is 17.8 Å². The molecule has 0 saturated heterocycles. The smallest absolute Gasteiger partial charge is 0.282 e. The molecular weight excluding hydrogens is 328 g/mol. The van der Waals surface area contributed by atoms with Gasteiger partial charge in [0.2, 0.25) is 5.91 Å². The normalized spacial score (nSPS) is 11.3.